The van der Waals surface area contributed by atoms with E-state index >= 15 is 0 Å². The highest BCUT2D eigenvalue weighted by molar-refractivity contribution is 5.16. The summed E-state index contributed by atoms with van der Waals surface area (Å²) in [6, 6.07) is 0. The van der Waals surface area contributed by atoms with Crippen molar-refractivity contribution in [1.82, 2.24) is 0 Å². The molecule has 0 aliphatic carbocycles. The summed E-state index contributed by atoms with van der Waals surface area (Å²) >= 11 is 0. The van der Waals surface area contributed by atoms with Crippen LogP contribution in [0.1, 0.15) is 6.92 Å². The Morgan fingerprint density at radius 1 is 1.12 bits per heavy atom. The number of alkyl halides is 7. The van der Waals surface area contributed by atoms with E-state index in [0.29, 0.717) is 13.0 Å². The van der Waals surface area contributed by atoms with Gasteiger partial charge in [0.15, 0.2) is 0 Å². The summed E-state index contributed by atoms with van der Waals surface area (Å²) in [7, 11) is 2.75. The molecular weight excluding hydrogens is 245 g/mol. The Kier molecular flexibility index (Phi) is 4.38. The molecule has 0 rings (SSSR count). The standard InChI is InChI=1S/C8H8F7O/c1-5(3-4-16-2)6(9,10)7(11,12)8(13,14)15/h3H,2,4H2,1H3. The molecule has 0 aromatic rings. The van der Waals surface area contributed by atoms with Crippen molar-refractivity contribution in [2.75, 3.05) is 6.61 Å². The summed E-state index contributed by atoms with van der Waals surface area (Å²) in [5.41, 5.74) is -1.43. The Morgan fingerprint density at radius 3 is 1.88 bits per heavy atom. The van der Waals surface area contributed by atoms with Crippen molar-refractivity contribution in [1.29, 1.82) is 0 Å². The van der Waals surface area contributed by atoms with Crippen LogP contribution in [0.3, 0.4) is 0 Å². The summed E-state index contributed by atoms with van der Waals surface area (Å²) in [5.74, 6) is -11.4. The number of allylic oxidation sites excluding steroid dienone is 1. The van der Waals surface area contributed by atoms with Crippen molar-refractivity contribution < 1.29 is 35.5 Å². The predicted octanol–water partition coefficient (Wildman–Crippen LogP) is 3.57. The maximum absolute atomic E-state index is 12.8. The first kappa shape index (κ1) is 15.2. The largest absolute Gasteiger partial charge is 0.460 e. The van der Waals surface area contributed by atoms with Gasteiger partial charge in [-0.25, -0.2) is 0 Å². The normalized spacial score (nSPS) is 15.4. The molecule has 0 N–H and O–H groups in total. The highest BCUT2D eigenvalue weighted by atomic mass is 19.4. The molecule has 0 aromatic carbocycles. The minimum absolute atomic E-state index is 0.409. The smallest absolute Gasteiger partial charge is 0.375 e. The average molecular weight is 253 g/mol. The first-order valence-corrected chi connectivity index (χ1v) is 3.85. The summed E-state index contributed by atoms with van der Waals surface area (Å²) in [6.45, 7) is -0.131. The Labute approximate surface area is 86.9 Å². The molecule has 0 atom stereocenters. The van der Waals surface area contributed by atoms with Gasteiger partial charge in [0.05, 0.1) is 13.7 Å². The fourth-order valence-corrected chi connectivity index (χ4v) is 0.738. The number of hydrogen-bond acceptors (Lipinski definition) is 1. The Balaban J connectivity index is 5.19. The number of hydrogen-bond donors (Lipinski definition) is 0. The monoisotopic (exact) mass is 253 g/mol. The summed E-state index contributed by atoms with van der Waals surface area (Å²) in [4.78, 5) is 0. The van der Waals surface area contributed by atoms with Crippen molar-refractivity contribution in [3.8, 4) is 0 Å². The molecule has 8 heteroatoms. The van der Waals surface area contributed by atoms with Crippen molar-refractivity contribution in [3.05, 3.63) is 18.8 Å². The third kappa shape index (κ3) is 2.66. The second-order valence-electron chi connectivity index (χ2n) is 2.90. The topological polar surface area (TPSA) is 9.23 Å². The molecule has 0 heterocycles. The molecule has 16 heavy (non-hydrogen) atoms. The summed E-state index contributed by atoms with van der Waals surface area (Å²) in [6.07, 6.45) is -5.91. The lowest BCUT2D eigenvalue weighted by atomic mass is 10.0. The van der Waals surface area contributed by atoms with E-state index in [-0.39, 0.29) is 0 Å². The van der Waals surface area contributed by atoms with E-state index in [2.05, 4.69) is 11.8 Å². The Bertz CT molecular complexity index is 266. The molecule has 1 radical (unpaired) electrons. The lowest BCUT2D eigenvalue weighted by Gasteiger charge is -2.28. The average Bonchev–Trinajstić information content (AvgIpc) is 2.11. The number of ether oxygens (including phenoxy) is 1. The maximum Gasteiger partial charge on any atom is 0.460 e. The van der Waals surface area contributed by atoms with Gasteiger partial charge in [-0.3, -0.25) is 0 Å². The van der Waals surface area contributed by atoms with Crippen LogP contribution in [-0.4, -0.2) is 24.6 Å². The molecule has 0 aliphatic rings. The van der Waals surface area contributed by atoms with Crippen LogP contribution in [0, 0.1) is 7.11 Å². The highest BCUT2D eigenvalue weighted by Crippen LogP contribution is 2.49. The molecule has 0 amide bonds. The van der Waals surface area contributed by atoms with Crippen LogP contribution in [-0.2, 0) is 4.74 Å². The first-order valence-electron chi connectivity index (χ1n) is 3.85. The van der Waals surface area contributed by atoms with Gasteiger partial charge in [-0.1, -0.05) is 6.08 Å². The number of rotatable bonds is 4. The zero-order chi connectivity index (χ0) is 13.2. The maximum atomic E-state index is 12.8. The van der Waals surface area contributed by atoms with Crippen LogP contribution >= 0.6 is 0 Å². The van der Waals surface area contributed by atoms with Crippen molar-refractivity contribution >= 4 is 0 Å². The van der Waals surface area contributed by atoms with Gasteiger partial charge in [0, 0.05) is 5.57 Å². The minimum Gasteiger partial charge on any atom is -0.375 e. The van der Waals surface area contributed by atoms with Gasteiger partial charge in [-0.15, -0.1) is 0 Å². The lowest BCUT2D eigenvalue weighted by Crippen LogP contribution is -2.52. The molecule has 0 saturated carbocycles. The fraction of sp³-hybridized carbons (Fsp3) is 0.625. The molecule has 95 valence electrons. The molecule has 0 unspecified atom stereocenters. The van der Waals surface area contributed by atoms with Gasteiger partial charge in [0.2, 0.25) is 0 Å². The van der Waals surface area contributed by atoms with Gasteiger partial charge in [0.25, 0.3) is 0 Å². The Morgan fingerprint density at radius 2 is 1.56 bits per heavy atom. The molecule has 0 aromatic heterocycles. The molecule has 1 nitrogen and oxygen atoms in total. The number of halogens is 7. The van der Waals surface area contributed by atoms with Crippen LogP contribution < -0.4 is 0 Å². The van der Waals surface area contributed by atoms with E-state index in [1.807, 2.05) is 0 Å². The van der Waals surface area contributed by atoms with Gasteiger partial charge >= 0.3 is 18.0 Å². The third-order valence-electron chi connectivity index (χ3n) is 1.75. The van der Waals surface area contributed by atoms with Crippen LogP contribution in [0.25, 0.3) is 0 Å². The quantitative estimate of drug-likeness (QED) is 0.549. The predicted molar refractivity (Wildman–Crippen MR) is 41.0 cm³/mol. The van der Waals surface area contributed by atoms with Crippen molar-refractivity contribution in [3.63, 3.8) is 0 Å². The molecule has 0 fully saturated rings. The van der Waals surface area contributed by atoms with Gasteiger partial charge < -0.3 is 4.74 Å². The third-order valence-corrected chi connectivity index (χ3v) is 1.75. The molecule has 0 aliphatic heterocycles. The van der Waals surface area contributed by atoms with Crippen molar-refractivity contribution in [2.24, 2.45) is 0 Å². The molecular formula is C8H8F7O. The van der Waals surface area contributed by atoms with E-state index in [1.54, 1.807) is 0 Å². The molecule has 0 spiro atoms. The van der Waals surface area contributed by atoms with Crippen molar-refractivity contribution in [2.45, 2.75) is 24.9 Å². The molecule has 0 bridgehead atoms. The van der Waals surface area contributed by atoms with E-state index < -0.39 is 30.2 Å². The van der Waals surface area contributed by atoms with E-state index in [1.165, 1.54) is 0 Å². The fourth-order valence-electron chi connectivity index (χ4n) is 0.738. The Hall–Kier alpha value is -0.790. The van der Waals surface area contributed by atoms with Crippen LogP contribution in [0.15, 0.2) is 11.6 Å². The van der Waals surface area contributed by atoms with Crippen LogP contribution in [0.4, 0.5) is 30.7 Å². The summed E-state index contributed by atoms with van der Waals surface area (Å²) < 4.78 is 89.6. The van der Waals surface area contributed by atoms with Gasteiger partial charge in [-0.05, 0) is 6.92 Å². The highest BCUT2D eigenvalue weighted by Gasteiger charge is 2.73. The van der Waals surface area contributed by atoms with Gasteiger partial charge in [0.1, 0.15) is 0 Å². The van der Waals surface area contributed by atoms with Crippen LogP contribution in [0.2, 0.25) is 0 Å². The first-order chi connectivity index (χ1) is 6.98. The van der Waals surface area contributed by atoms with Crippen LogP contribution in [0.5, 0.6) is 0 Å². The summed E-state index contributed by atoms with van der Waals surface area (Å²) in [5, 5.41) is 0. The van der Waals surface area contributed by atoms with E-state index in [4.69, 9.17) is 0 Å². The lowest BCUT2D eigenvalue weighted by molar-refractivity contribution is -0.344. The second kappa shape index (κ2) is 4.60. The zero-order valence-electron chi connectivity index (χ0n) is 8.05. The SMILES string of the molecule is [CH2]OCC=C(C)C(F)(F)C(F)(F)C(F)(F)F. The second-order valence-corrected chi connectivity index (χ2v) is 2.90. The zero-order valence-corrected chi connectivity index (χ0v) is 8.05. The molecule has 0 saturated heterocycles. The van der Waals surface area contributed by atoms with Gasteiger partial charge in [-0.2, -0.15) is 30.7 Å². The minimum atomic E-state index is -6.32. The van der Waals surface area contributed by atoms with E-state index in [0.717, 1.165) is 0 Å². The van der Waals surface area contributed by atoms with E-state index in [9.17, 15) is 30.7 Å².